The molecule has 0 radical (unpaired) electrons. The molecule has 0 spiro atoms. The molecule has 3 aliphatic rings. The van der Waals surface area contributed by atoms with Crippen molar-refractivity contribution >= 4 is 34.3 Å². The van der Waals surface area contributed by atoms with Gasteiger partial charge in [-0.1, -0.05) is 25.8 Å². The summed E-state index contributed by atoms with van der Waals surface area (Å²) in [7, 11) is 1.76. The molecular formula is C40H44F3N7O4. The Morgan fingerprint density at radius 1 is 1.00 bits per heavy atom. The molecule has 284 valence electrons. The number of ketones is 2. The van der Waals surface area contributed by atoms with Gasteiger partial charge in [0.15, 0.2) is 11.6 Å². The molecule has 1 aliphatic carbocycles. The fourth-order valence-electron chi connectivity index (χ4n) is 8.56. The molecule has 1 aromatic carbocycles. The lowest BCUT2D eigenvalue weighted by atomic mass is 9.93. The maximum Gasteiger partial charge on any atom is 0.433 e. The highest BCUT2D eigenvalue weighted by atomic mass is 19.4. The molecule has 2 fully saturated rings. The van der Waals surface area contributed by atoms with Crippen LogP contribution in [0.15, 0.2) is 36.7 Å². The molecule has 2 bridgehead atoms. The molecule has 4 aromatic rings. The molecular weight excluding hydrogens is 699 g/mol. The first-order valence-corrected chi connectivity index (χ1v) is 18.5. The Morgan fingerprint density at radius 3 is 2.44 bits per heavy atom. The predicted molar refractivity (Wildman–Crippen MR) is 193 cm³/mol. The minimum absolute atomic E-state index is 0.00223. The van der Waals surface area contributed by atoms with E-state index in [-0.39, 0.29) is 60.3 Å². The zero-order valence-corrected chi connectivity index (χ0v) is 31.2. The van der Waals surface area contributed by atoms with Gasteiger partial charge in [-0.3, -0.25) is 23.9 Å². The monoisotopic (exact) mass is 743 g/mol. The molecule has 7 rings (SSSR count). The number of carbonyl (C=O) groups excluding carboxylic acids is 4. The third kappa shape index (κ3) is 7.02. The van der Waals surface area contributed by atoms with Crippen LogP contribution in [0.5, 0.6) is 0 Å². The van der Waals surface area contributed by atoms with Crippen molar-refractivity contribution in [2.75, 3.05) is 13.6 Å². The lowest BCUT2D eigenvalue weighted by molar-refractivity contribution is -0.141. The highest BCUT2D eigenvalue weighted by Crippen LogP contribution is 2.60. The van der Waals surface area contributed by atoms with Gasteiger partial charge < -0.3 is 9.80 Å². The van der Waals surface area contributed by atoms with Crippen LogP contribution in [0.2, 0.25) is 0 Å². The molecule has 3 aromatic heterocycles. The van der Waals surface area contributed by atoms with Crippen molar-refractivity contribution < 1.29 is 32.3 Å². The lowest BCUT2D eigenvalue weighted by Crippen LogP contribution is -2.45. The maximum absolute atomic E-state index is 14.6. The fourth-order valence-corrected chi connectivity index (χ4v) is 8.56. The first kappa shape index (κ1) is 37.3. The first-order valence-electron chi connectivity index (χ1n) is 18.5. The summed E-state index contributed by atoms with van der Waals surface area (Å²) in [5.74, 6) is -0.665. The van der Waals surface area contributed by atoms with Gasteiger partial charge in [0.2, 0.25) is 11.8 Å². The number of aromatic nitrogens is 5. The molecule has 1 saturated heterocycles. The molecule has 1 saturated carbocycles. The molecule has 2 amide bonds. The standard InChI is InChI=1S/C40H44F3N7O4/c1-22-11-12-33(40(41,42)43)46-30(22)15-32(52)31-16-39-17-34(39)50(31)35(53)20-49-37-26(10-8-6-7-9-23(2)38(54)48(5)21-39)13-27(28-18-44-25(4)45-19-28)14-29(37)36(47-49)24(3)51/h11-14,18-19,23,31,34H,6-10,15-17,20-21H2,1-5H3/t23-,31-,34+,39-/m0/s1. The summed E-state index contributed by atoms with van der Waals surface area (Å²) in [6, 6.07) is 4.81. The number of pyridine rings is 1. The van der Waals surface area contributed by atoms with E-state index in [4.69, 9.17) is 5.10 Å². The van der Waals surface area contributed by atoms with E-state index >= 15 is 0 Å². The molecule has 0 N–H and O–H groups in total. The Hall–Kier alpha value is -5.01. The number of benzene rings is 1. The summed E-state index contributed by atoms with van der Waals surface area (Å²) in [6.07, 6.45) is 3.10. The Balaban J connectivity index is 1.30. The zero-order valence-electron chi connectivity index (χ0n) is 31.2. The van der Waals surface area contributed by atoms with E-state index in [9.17, 15) is 32.3 Å². The van der Waals surface area contributed by atoms with Crippen LogP contribution in [-0.4, -0.2) is 83.6 Å². The van der Waals surface area contributed by atoms with E-state index in [0.29, 0.717) is 48.1 Å². The van der Waals surface area contributed by atoms with Gasteiger partial charge in [0, 0.05) is 61.2 Å². The van der Waals surface area contributed by atoms with Crippen molar-refractivity contribution in [1.29, 1.82) is 0 Å². The number of piperidine rings is 1. The topological polar surface area (TPSA) is 131 Å². The van der Waals surface area contributed by atoms with E-state index in [2.05, 4.69) is 15.0 Å². The van der Waals surface area contributed by atoms with Gasteiger partial charge in [0.25, 0.3) is 0 Å². The number of rotatable bonds is 5. The highest BCUT2D eigenvalue weighted by molar-refractivity contribution is 6.07. The molecule has 5 heterocycles. The lowest BCUT2D eigenvalue weighted by Gasteiger charge is -2.27. The molecule has 4 atom stereocenters. The number of halogens is 3. The smallest absolute Gasteiger partial charge is 0.345 e. The normalized spacial score (nSPS) is 23.7. The average Bonchev–Trinajstić information content (AvgIpc) is 3.51. The molecule has 0 unspecified atom stereocenters. The summed E-state index contributed by atoms with van der Waals surface area (Å²) in [4.78, 5) is 71.2. The number of carbonyl (C=O) groups is 4. The fraction of sp³-hybridized carbons (Fsp3) is 0.500. The summed E-state index contributed by atoms with van der Waals surface area (Å²) in [5.41, 5.74) is 2.19. The third-order valence-electron chi connectivity index (χ3n) is 11.5. The highest BCUT2D eigenvalue weighted by Gasteiger charge is 2.67. The second kappa shape index (κ2) is 14.0. The Morgan fingerprint density at radius 2 is 1.74 bits per heavy atom. The zero-order chi connectivity index (χ0) is 38.7. The number of hydrogen-bond acceptors (Lipinski definition) is 8. The minimum atomic E-state index is -4.68. The van der Waals surface area contributed by atoms with Gasteiger partial charge in [-0.15, -0.1) is 0 Å². The van der Waals surface area contributed by atoms with Crippen molar-refractivity contribution in [2.24, 2.45) is 11.3 Å². The van der Waals surface area contributed by atoms with Gasteiger partial charge in [0.1, 0.15) is 23.8 Å². The van der Waals surface area contributed by atoms with E-state index in [1.54, 1.807) is 47.8 Å². The Kier molecular flexibility index (Phi) is 9.68. The largest absolute Gasteiger partial charge is 0.433 e. The third-order valence-corrected chi connectivity index (χ3v) is 11.5. The number of aryl methyl sites for hydroxylation is 3. The first-order chi connectivity index (χ1) is 25.6. The van der Waals surface area contributed by atoms with Crippen LogP contribution < -0.4 is 0 Å². The molecule has 54 heavy (non-hydrogen) atoms. The summed E-state index contributed by atoms with van der Waals surface area (Å²) >= 11 is 0. The van der Waals surface area contributed by atoms with Crippen LogP contribution in [0, 0.1) is 25.2 Å². The van der Waals surface area contributed by atoms with Crippen molar-refractivity contribution in [1.82, 2.24) is 34.5 Å². The van der Waals surface area contributed by atoms with Crippen molar-refractivity contribution in [3.05, 3.63) is 70.7 Å². The van der Waals surface area contributed by atoms with Crippen LogP contribution in [-0.2, 0) is 39.9 Å². The van der Waals surface area contributed by atoms with Gasteiger partial charge in [-0.25, -0.2) is 15.0 Å². The number of nitrogens with zero attached hydrogens (tertiary/aromatic N) is 7. The van der Waals surface area contributed by atoms with Crippen LogP contribution in [0.4, 0.5) is 13.2 Å². The second-order valence-electron chi connectivity index (χ2n) is 15.5. The van der Waals surface area contributed by atoms with Gasteiger partial charge in [-0.05, 0) is 80.8 Å². The molecule has 2 aliphatic heterocycles. The molecule has 14 heteroatoms. The Labute approximate surface area is 311 Å². The minimum Gasteiger partial charge on any atom is -0.345 e. The van der Waals surface area contributed by atoms with Gasteiger partial charge >= 0.3 is 6.18 Å². The number of amides is 2. The number of alkyl halides is 3. The van der Waals surface area contributed by atoms with E-state index < -0.39 is 29.1 Å². The number of hydrogen-bond donors (Lipinski definition) is 0. The van der Waals surface area contributed by atoms with Crippen molar-refractivity contribution in [3.8, 4) is 11.1 Å². The van der Waals surface area contributed by atoms with Crippen molar-refractivity contribution in [2.45, 2.75) is 104 Å². The van der Waals surface area contributed by atoms with Crippen LogP contribution in [0.1, 0.15) is 91.2 Å². The van der Waals surface area contributed by atoms with E-state index in [1.807, 2.05) is 19.1 Å². The number of Topliss-reactive ketones (excluding diaryl/α,β-unsaturated/α-hetero) is 2. The van der Waals surface area contributed by atoms with Gasteiger partial charge in [-0.2, -0.15) is 18.3 Å². The summed E-state index contributed by atoms with van der Waals surface area (Å²) < 4.78 is 42.3. The second-order valence-corrected chi connectivity index (χ2v) is 15.5. The summed E-state index contributed by atoms with van der Waals surface area (Å²) in [5, 5.41) is 5.30. The van der Waals surface area contributed by atoms with E-state index in [0.717, 1.165) is 42.0 Å². The Bertz CT molecular complexity index is 2160. The predicted octanol–water partition coefficient (Wildman–Crippen LogP) is 6.11. The van der Waals surface area contributed by atoms with Crippen LogP contribution in [0.3, 0.4) is 0 Å². The van der Waals surface area contributed by atoms with Crippen LogP contribution in [0.25, 0.3) is 22.0 Å². The summed E-state index contributed by atoms with van der Waals surface area (Å²) in [6.45, 7) is 6.86. The van der Waals surface area contributed by atoms with E-state index in [1.165, 1.54) is 13.0 Å². The van der Waals surface area contributed by atoms with Gasteiger partial charge in [0.05, 0.1) is 23.7 Å². The maximum atomic E-state index is 14.6. The molecule has 11 nitrogen and oxygen atoms in total. The SMILES string of the molecule is CC(=O)c1nn2c3c(cc(-c4cnc(C)nc4)cc13)CCCCC[C@H](C)C(=O)N(C)C[C@@]13C[C@@H](C(=O)Cc4nc(C(F)(F)F)ccc4C)N(C(=O)C2)[C@@H]1C3. The quantitative estimate of drug-likeness (QED) is 0.224. The van der Waals surface area contributed by atoms with Crippen molar-refractivity contribution in [3.63, 3.8) is 0 Å². The average molecular weight is 744 g/mol. The van der Waals surface area contributed by atoms with Crippen LogP contribution >= 0.6 is 0 Å².